The molecular formula is C22H25N7. The first-order chi connectivity index (χ1) is 14.3. The molecule has 4 rings (SSSR count). The fourth-order valence-electron chi connectivity index (χ4n) is 3.95. The fraction of sp³-hybridized carbons (Fsp3) is 0.409. The molecule has 0 amide bonds. The molecule has 7 nitrogen and oxygen atoms in total. The van der Waals surface area contributed by atoms with Crippen molar-refractivity contribution in [2.24, 2.45) is 5.73 Å². The van der Waals surface area contributed by atoms with Gasteiger partial charge in [0.05, 0.1) is 23.9 Å². The van der Waals surface area contributed by atoms with Gasteiger partial charge in [0, 0.05) is 30.1 Å². The Kier molecular flexibility index (Phi) is 5.92. The number of hydrogen-bond acceptors (Lipinski definition) is 6. The molecule has 1 fully saturated rings. The number of rotatable bonds is 6. The number of nitrogens with zero attached hydrogens (tertiary/aromatic N) is 6. The maximum Gasteiger partial charge on any atom is 0.159 e. The van der Waals surface area contributed by atoms with Gasteiger partial charge < -0.3 is 5.73 Å². The number of benzene rings is 1. The third-order valence-corrected chi connectivity index (χ3v) is 5.53. The summed E-state index contributed by atoms with van der Waals surface area (Å²) in [6.07, 6.45) is 12.7. The lowest BCUT2D eigenvalue weighted by molar-refractivity contribution is 0.436. The lowest BCUT2D eigenvalue weighted by Crippen LogP contribution is -2.06. The number of aromatic nitrogens is 5. The first-order valence-electron chi connectivity index (χ1n) is 10.2. The first-order valence-corrected chi connectivity index (χ1v) is 10.2. The van der Waals surface area contributed by atoms with Gasteiger partial charge in [0.1, 0.15) is 0 Å². The molecule has 0 bridgehead atoms. The second-order valence-corrected chi connectivity index (χ2v) is 7.61. The second-order valence-electron chi connectivity index (χ2n) is 7.61. The van der Waals surface area contributed by atoms with E-state index in [4.69, 9.17) is 5.73 Å². The standard InChI is InChI=1S/C22H25N7/c23-9-8-17-12-25-22(26-13-17)20-7-6-16(11-24)10-19(20)14-29-15-21(27-28-29)18-4-2-1-3-5-18/h6-7,10,12-13,15,18H,1-5,8-9,14,23H2. The van der Waals surface area contributed by atoms with E-state index in [2.05, 4.69) is 26.3 Å². The van der Waals surface area contributed by atoms with Gasteiger partial charge in [-0.1, -0.05) is 24.5 Å². The van der Waals surface area contributed by atoms with E-state index in [1.54, 1.807) is 6.07 Å². The van der Waals surface area contributed by atoms with Crippen LogP contribution in [0.15, 0.2) is 36.8 Å². The highest BCUT2D eigenvalue weighted by atomic mass is 15.4. The summed E-state index contributed by atoms with van der Waals surface area (Å²) in [4.78, 5) is 9.02. The smallest absolute Gasteiger partial charge is 0.159 e. The van der Waals surface area contributed by atoms with Gasteiger partial charge in [0.15, 0.2) is 5.82 Å². The van der Waals surface area contributed by atoms with Gasteiger partial charge in [-0.25, -0.2) is 14.6 Å². The summed E-state index contributed by atoms with van der Waals surface area (Å²) in [5.41, 5.74) is 10.2. The van der Waals surface area contributed by atoms with Crippen LogP contribution in [-0.2, 0) is 13.0 Å². The summed E-state index contributed by atoms with van der Waals surface area (Å²) < 4.78 is 1.85. The van der Waals surface area contributed by atoms with Gasteiger partial charge in [-0.2, -0.15) is 5.26 Å². The Bertz CT molecular complexity index is 995. The molecule has 0 spiro atoms. The Morgan fingerprint density at radius 2 is 1.93 bits per heavy atom. The molecule has 29 heavy (non-hydrogen) atoms. The molecule has 0 radical (unpaired) electrons. The van der Waals surface area contributed by atoms with Gasteiger partial charge in [-0.15, -0.1) is 5.10 Å². The molecule has 2 heterocycles. The third-order valence-electron chi connectivity index (χ3n) is 5.53. The molecule has 0 aliphatic heterocycles. The van der Waals surface area contributed by atoms with Gasteiger partial charge in [-0.05, 0) is 55.1 Å². The average molecular weight is 387 g/mol. The first kappa shape index (κ1) is 19.2. The maximum absolute atomic E-state index is 9.33. The van der Waals surface area contributed by atoms with E-state index in [1.807, 2.05) is 35.4 Å². The van der Waals surface area contributed by atoms with Crippen molar-refractivity contribution in [1.29, 1.82) is 5.26 Å². The predicted octanol–water partition coefficient (Wildman–Crippen LogP) is 3.20. The Balaban J connectivity index is 1.61. The summed E-state index contributed by atoms with van der Waals surface area (Å²) in [5.74, 6) is 1.15. The van der Waals surface area contributed by atoms with Crippen molar-refractivity contribution in [3.8, 4) is 17.5 Å². The topological polar surface area (TPSA) is 106 Å². The minimum Gasteiger partial charge on any atom is -0.330 e. The zero-order valence-corrected chi connectivity index (χ0v) is 16.5. The molecule has 3 aromatic rings. The minimum atomic E-state index is 0.515. The van der Waals surface area contributed by atoms with E-state index in [0.717, 1.165) is 28.8 Å². The van der Waals surface area contributed by atoms with Crippen molar-refractivity contribution >= 4 is 0 Å². The highest BCUT2D eigenvalue weighted by Gasteiger charge is 2.19. The zero-order valence-electron chi connectivity index (χ0n) is 16.5. The van der Waals surface area contributed by atoms with Gasteiger partial charge in [0.25, 0.3) is 0 Å². The summed E-state index contributed by atoms with van der Waals surface area (Å²) >= 11 is 0. The SMILES string of the molecule is N#Cc1ccc(-c2ncc(CCN)cn2)c(Cn2cc(C3CCCCC3)nn2)c1. The van der Waals surface area contributed by atoms with Gasteiger partial charge >= 0.3 is 0 Å². The Morgan fingerprint density at radius 3 is 2.66 bits per heavy atom. The van der Waals surface area contributed by atoms with Crippen LogP contribution in [0.25, 0.3) is 11.4 Å². The third kappa shape index (κ3) is 4.49. The van der Waals surface area contributed by atoms with E-state index < -0.39 is 0 Å². The van der Waals surface area contributed by atoms with Crippen LogP contribution in [-0.4, -0.2) is 31.5 Å². The highest BCUT2D eigenvalue weighted by Crippen LogP contribution is 2.31. The lowest BCUT2D eigenvalue weighted by Gasteiger charge is -2.18. The normalized spacial score (nSPS) is 14.6. The van der Waals surface area contributed by atoms with Crippen molar-refractivity contribution < 1.29 is 0 Å². The molecule has 2 aromatic heterocycles. The van der Waals surface area contributed by atoms with Crippen molar-refractivity contribution in [3.05, 3.63) is 59.2 Å². The molecule has 0 unspecified atom stereocenters. The van der Waals surface area contributed by atoms with Crippen LogP contribution in [0.2, 0.25) is 0 Å². The molecule has 1 saturated carbocycles. The lowest BCUT2D eigenvalue weighted by atomic mass is 9.87. The largest absolute Gasteiger partial charge is 0.330 e. The molecule has 148 valence electrons. The summed E-state index contributed by atoms with van der Waals surface area (Å²) in [7, 11) is 0. The Morgan fingerprint density at radius 1 is 1.14 bits per heavy atom. The van der Waals surface area contributed by atoms with Crippen LogP contribution in [0, 0.1) is 11.3 Å². The quantitative estimate of drug-likeness (QED) is 0.696. The van der Waals surface area contributed by atoms with E-state index in [1.165, 1.54) is 32.1 Å². The van der Waals surface area contributed by atoms with E-state index in [0.29, 0.717) is 30.4 Å². The van der Waals surface area contributed by atoms with Crippen molar-refractivity contribution in [1.82, 2.24) is 25.0 Å². The fourth-order valence-corrected chi connectivity index (χ4v) is 3.95. The van der Waals surface area contributed by atoms with Crippen LogP contribution >= 0.6 is 0 Å². The van der Waals surface area contributed by atoms with Crippen molar-refractivity contribution in [2.45, 2.75) is 51.0 Å². The van der Waals surface area contributed by atoms with Crippen LogP contribution in [0.4, 0.5) is 0 Å². The summed E-state index contributed by atoms with van der Waals surface area (Å²) in [6.45, 7) is 1.10. The summed E-state index contributed by atoms with van der Waals surface area (Å²) in [6, 6.07) is 7.80. The number of nitriles is 1. The maximum atomic E-state index is 9.33. The Labute approximate surface area is 170 Å². The molecular weight excluding hydrogens is 362 g/mol. The van der Waals surface area contributed by atoms with E-state index in [-0.39, 0.29) is 0 Å². The minimum absolute atomic E-state index is 0.515. The van der Waals surface area contributed by atoms with E-state index >= 15 is 0 Å². The van der Waals surface area contributed by atoms with Gasteiger partial charge in [-0.3, -0.25) is 0 Å². The van der Waals surface area contributed by atoms with Crippen LogP contribution in [0.3, 0.4) is 0 Å². The summed E-state index contributed by atoms with van der Waals surface area (Å²) in [5, 5.41) is 18.1. The monoisotopic (exact) mass is 387 g/mol. The van der Waals surface area contributed by atoms with Crippen molar-refractivity contribution in [3.63, 3.8) is 0 Å². The molecule has 7 heteroatoms. The Hall–Kier alpha value is -3.11. The molecule has 0 atom stereocenters. The zero-order chi connectivity index (χ0) is 20.1. The van der Waals surface area contributed by atoms with E-state index in [9.17, 15) is 5.26 Å². The molecule has 1 aromatic carbocycles. The highest BCUT2D eigenvalue weighted by molar-refractivity contribution is 5.62. The van der Waals surface area contributed by atoms with Crippen LogP contribution in [0.1, 0.15) is 60.4 Å². The molecule has 0 saturated heterocycles. The van der Waals surface area contributed by atoms with Crippen molar-refractivity contribution in [2.75, 3.05) is 6.54 Å². The van der Waals surface area contributed by atoms with Crippen LogP contribution in [0.5, 0.6) is 0 Å². The molecule has 2 N–H and O–H groups in total. The van der Waals surface area contributed by atoms with Crippen LogP contribution < -0.4 is 5.73 Å². The molecule has 1 aliphatic carbocycles. The van der Waals surface area contributed by atoms with Gasteiger partial charge in [0.2, 0.25) is 0 Å². The predicted molar refractivity (Wildman–Crippen MR) is 110 cm³/mol. The average Bonchev–Trinajstić information content (AvgIpc) is 3.24. The molecule has 1 aliphatic rings. The number of hydrogen-bond donors (Lipinski definition) is 1. The second kappa shape index (κ2) is 8.93. The number of nitrogens with two attached hydrogens (primary N) is 1.